The molecule has 0 aromatic heterocycles. The third-order valence-electron chi connectivity index (χ3n) is 9.25. The van der Waals surface area contributed by atoms with E-state index in [1.54, 1.807) is 0 Å². The zero-order valence-electron chi connectivity index (χ0n) is 26.7. The van der Waals surface area contributed by atoms with E-state index in [4.69, 9.17) is 0 Å². The quantitative estimate of drug-likeness (QED) is 0.0900. The molecule has 0 aliphatic carbocycles. The summed E-state index contributed by atoms with van der Waals surface area (Å²) in [6.45, 7) is 1.11. The maximum atomic E-state index is 12.6. The Kier molecular flexibility index (Phi) is 10.6. The number of carbonyl (C=O) groups is 2. The Labute approximate surface area is 272 Å². The van der Waals surface area contributed by atoms with Gasteiger partial charge in [-0.1, -0.05) is 136 Å². The van der Waals surface area contributed by atoms with E-state index in [2.05, 4.69) is 120 Å². The number of benzene rings is 6. The molecule has 0 saturated heterocycles. The number of unbranched alkanes of at least 4 members (excludes halogenated alkanes) is 7. The average molecular weight is 609 g/mol. The van der Waals surface area contributed by atoms with Crippen LogP contribution in [0.15, 0.2) is 109 Å². The molecule has 0 bridgehead atoms. The highest BCUT2D eigenvalue weighted by atomic mass is 16.2. The first kappa shape index (κ1) is 31.3. The van der Waals surface area contributed by atoms with E-state index in [1.165, 1.54) is 67.1 Å². The number of nitrogens with one attached hydrogen (secondary N) is 2. The number of rotatable bonds is 15. The van der Waals surface area contributed by atoms with Gasteiger partial charge < -0.3 is 10.6 Å². The fourth-order valence-electron chi connectivity index (χ4n) is 6.78. The van der Waals surface area contributed by atoms with Crippen molar-refractivity contribution in [2.75, 3.05) is 0 Å². The molecule has 4 heteroatoms. The van der Waals surface area contributed by atoms with Crippen LogP contribution >= 0.6 is 0 Å². The maximum Gasteiger partial charge on any atom is 0.220 e. The van der Waals surface area contributed by atoms with Crippen LogP contribution in [0.2, 0.25) is 0 Å². The molecular formula is C42H44N2O2. The van der Waals surface area contributed by atoms with Gasteiger partial charge in [0.25, 0.3) is 0 Å². The first-order valence-electron chi connectivity index (χ1n) is 17.0. The van der Waals surface area contributed by atoms with E-state index < -0.39 is 0 Å². The fourth-order valence-corrected chi connectivity index (χ4v) is 6.78. The predicted octanol–water partition coefficient (Wildman–Crippen LogP) is 10.1. The first-order chi connectivity index (χ1) is 22.7. The van der Waals surface area contributed by atoms with Crippen molar-refractivity contribution in [2.24, 2.45) is 0 Å². The number of carbonyl (C=O) groups excluding carboxylic acids is 2. The number of hydrogen-bond acceptors (Lipinski definition) is 2. The lowest BCUT2D eigenvalue weighted by atomic mass is 9.96. The van der Waals surface area contributed by atoms with Crippen molar-refractivity contribution in [1.82, 2.24) is 10.6 Å². The second kappa shape index (κ2) is 15.5. The Bertz CT molecular complexity index is 1710. The van der Waals surface area contributed by atoms with Crippen LogP contribution in [0.1, 0.15) is 75.3 Å². The Morgan fingerprint density at radius 3 is 1.00 bits per heavy atom. The highest BCUT2D eigenvalue weighted by Gasteiger charge is 2.11. The Hall–Kier alpha value is -4.70. The summed E-state index contributed by atoms with van der Waals surface area (Å²) in [6.07, 6.45) is 9.84. The molecule has 0 radical (unpaired) electrons. The van der Waals surface area contributed by atoms with Crippen LogP contribution in [0.25, 0.3) is 43.1 Å². The molecule has 2 N–H and O–H groups in total. The highest BCUT2D eigenvalue weighted by Crippen LogP contribution is 2.29. The maximum absolute atomic E-state index is 12.6. The fraction of sp³-hybridized carbons (Fsp3) is 0.286. The molecule has 234 valence electrons. The Balaban J connectivity index is 0.840. The second-order valence-electron chi connectivity index (χ2n) is 12.5. The van der Waals surface area contributed by atoms with E-state index in [1.807, 2.05) is 0 Å². The van der Waals surface area contributed by atoms with Gasteiger partial charge in [-0.3, -0.25) is 9.59 Å². The summed E-state index contributed by atoms with van der Waals surface area (Å²) >= 11 is 0. The van der Waals surface area contributed by atoms with Crippen molar-refractivity contribution in [3.8, 4) is 0 Å². The largest absolute Gasteiger partial charge is 0.352 e. The van der Waals surface area contributed by atoms with Gasteiger partial charge in [0.15, 0.2) is 0 Å². The third-order valence-corrected chi connectivity index (χ3v) is 9.25. The molecule has 0 aliphatic rings. The van der Waals surface area contributed by atoms with Crippen molar-refractivity contribution in [2.45, 2.75) is 77.3 Å². The van der Waals surface area contributed by atoms with Crippen molar-refractivity contribution in [3.05, 3.63) is 120 Å². The van der Waals surface area contributed by atoms with Gasteiger partial charge in [-0.15, -0.1) is 0 Å². The minimum atomic E-state index is 0.129. The smallest absolute Gasteiger partial charge is 0.220 e. The van der Waals surface area contributed by atoms with E-state index in [-0.39, 0.29) is 11.8 Å². The van der Waals surface area contributed by atoms with Gasteiger partial charge in [0.2, 0.25) is 11.8 Å². The van der Waals surface area contributed by atoms with Gasteiger partial charge in [0, 0.05) is 25.9 Å². The van der Waals surface area contributed by atoms with Gasteiger partial charge in [0.05, 0.1) is 0 Å². The standard InChI is InChI=1S/C42H44N2O2/c45-41(43-29-39-35-21-13-9-17-31(35)27-32-18-10-14-22-36(32)39)25-7-5-3-1-2-4-6-8-26-42(46)44-30-40-37-23-15-11-19-33(37)28-34-20-12-16-24-38(34)40/h9-24,27-28H,1-8,25-26,29-30H2,(H,43,45)(H,44,46). The second-order valence-corrected chi connectivity index (χ2v) is 12.5. The summed E-state index contributed by atoms with van der Waals surface area (Å²) < 4.78 is 0. The first-order valence-corrected chi connectivity index (χ1v) is 17.0. The van der Waals surface area contributed by atoms with Crippen LogP contribution in [-0.4, -0.2) is 11.8 Å². The molecule has 46 heavy (non-hydrogen) atoms. The van der Waals surface area contributed by atoms with Crippen LogP contribution in [-0.2, 0) is 22.7 Å². The summed E-state index contributed by atoms with van der Waals surface area (Å²) in [4.78, 5) is 25.3. The van der Waals surface area contributed by atoms with Gasteiger partial charge in [-0.25, -0.2) is 0 Å². The molecule has 6 aromatic carbocycles. The van der Waals surface area contributed by atoms with Gasteiger partial charge >= 0.3 is 0 Å². The third kappa shape index (κ3) is 7.74. The minimum Gasteiger partial charge on any atom is -0.352 e. The lowest BCUT2D eigenvalue weighted by molar-refractivity contribution is -0.122. The summed E-state index contributed by atoms with van der Waals surface area (Å²) in [7, 11) is 0. The molecule has 0 spiro atoms. The summed E-state index contributed by atoms with van der Waals surface area (Å²) in [6, 6.07) is 38.1. The molecule has 6 rings (SSSR count). The molecule has 0 aliphatic heterocycles. The molecule has 0 saturated carbocycles. The number of amides is 2. The molecular weight excluding hydrogens is 564 g/mol. The molecule has 0 atom stereocenters. The van der Waals surface area contributed by atoms with Gasteiger partial charge in [0.1, 0.15) is 0 Å². The molecule has 0 unspecified atom stereocenters. The molecule has 0 heterocycles. The Morgan fingerprint density at radius 2 is 0.674 bits per heavy atom. The predicted molar refractivity (Wildman–Crippen MR) is 193 cm³/mol. The summed E-state index contributed by atoms with van der Waals surface area (Å²) in [5.74, 6) is 0.257. The van der Waals surface area contributed by atoms with Crippen molar-refractivity contribution >= 4 is 54.9 Å². The van der Waals surface area contributed by atoms with E-state index in [9.17, 15) is 9.59 Å². The Morgan fingerprint density at radius 1 is 0.391 bits per heavy atom. The SMILES string of the molecule is O=C(CCCCCCCCCCC(=O)NCc1c2ccccc2cc2ccccc12)NCc1c2ccccc2cc2ccccc12. The average Bonchev–Trinajstić information content (AvgIpc) is 3.09. The van der Waals surface area contributed by atoms with Crippen molar-refractivity contribution < 1.29 is 9.59 Å². The zero-order chi connectivity index (χ0) is 31.6. The van der Waals surface area contributed by atoms with Crippen molar-refractivity contribution in [1.29, 1.82) is 0 Å². The van der Waals surface area contributed by atoms with Crippen molar-refractivity contribution in [3.63, 3.8) is 0 Å². The summed E-state index contributed by atoms with van der Waals surface area (Å²) in [5.41, 5.74) is 2.39. The van der Waals surface area contributed by atoms with E-state index >= 15 is 0 Å². The van der Waals surface area contributed by atoms with Crippen LogP contribution in [0.4, 0.5) is 0 Å². The van der Waals surface area contributed by atoms with Gasteiger partial charge in [-0.2, -0.15) is 0 Å². The summed E-state index contributed by atoms with van der Waals surface area (Å²) in [5, 5.41) is 16.0. The zero-order valence-corrected chi connectivity index (χ0v) is 26.7. The van der Waals surface area contributed by atoms with E-state index in [0.717, 1.165) is 38.5 Å². The number of hydrogen-bond donors (Lipinski definition) is 2. The lowest BCUT2D eigenvalue weighted by Gasteiger charge is -2.13. The topological polar surface area (TPSA) is 58.2 Å². The monoisotopic (exact) mass is 608 g/mol. The minimum absolute atomic E-state index is 0.129. The molecule has 0 fully saturated rings. The van der Waals surface area contributed by atoms with Crippen LogP contribution < -0.4 is 10.6 Å². The van der Waals surface area contributed by atoms with E-state index in [0.29, 0.717) is 25.9 Å². The normalized spacial score (nSPS) is 11.4. The highest BCUT2D eigenvalue weighted by molar-refractivity contribution is 6.03. The lowest BCUT2D eigenvalue weighted by Crippen LogP contribution is -2.22. The molecule has 2 amide bonds. The molecule has 4 nitrogen and oxygen atoms in total. The molecule has 6 aromatic rings. The number of fused-ring (bicyclic) bond motifs is 4. The van der Waals surface area contributed by atoms with Gasteiger partial charge in [-0.05, 0) is 79.2 Å². The van der Waals surface area contributed by atoms with Crippen LogP contribution in [0.3, 0.4) is 0 Å². The van der Waals surface area contributed by atoms with Crippen LogP contribution in [0, 0.1) is 0 Å². The van der Waals surface area contributed by atoms with Crippen LogP contribution in [0.5, 0.6) is 0 Å².